The Bertz CT molecular complexity index is 349. The number of imidazole rings is 1. The highest BCUT2D eigenvalue weighted by atomic mass is 35.5. The first-order valence-electron chi connectivity index (χ1n) is 4.19. The molecule has 0 aliphatic carbocycles. The highest BCUT2D eigenvalue weighted by Crippen LogP contribution is 1.98. The lowest BCUT2D eigenvalue weighted by atomic mass is 10.4. The Morgan fingerprint density at radius 3 is 2.69 bits per heavy atom. The van der Waals surface area contributed by atoms with Gasteiger partial charge in [0, 0.05) is 30.5 Å². The SMILES string of the molecule is CC(C)n1ccn(C/C=C/Cl)c1=O. The molecule has 0 radical (unpaired) electrons. The van der Waals surface area contributed by atoms with E-state index in [9.17, 15) is 4.79 Å². The summed E-state index contributed by atoms with van der Waals surface area (Å²) in [4.78, 5) is 11.6. The number of hydrogen-bond acceptors (Lipinski definition) is 1. The summed E-state index contributed by atoms with van der Waals surface area (Å²) < 4.78 is 3.29. The topological polar surface area (TPSA) is 26.9 Å². The molecule has 0 unspecified atom stereocenters. The van der Waals surface area contributed by atoms with Crippen LogP contribution in [0.4, 0.5) is 0 Å². The van der Waals surface area contributed by atoms with E-state index in [-0.39, 0.29) is 11.7 Å². The van der Waals surface area contributed by atoms with E-state index in [4.69, 9.17) is 11.6 Å². The number of allylic oxidation sites excluding steroid dienone is 1. The Labute approximate surface area is 82.2 Å². The van der Waals surface area contributed by atoms with Gasteiger partial charge in [-0.2, -0.15) is 0 Å². The maximum absolute atomic E-state index is 11.6. The highest BCUT2D eigenvalue weighted by Gasteiger charge is 2.03. The third-order valence-electron chi connectivity index (χ3n) is 1.82. The Morgan fingerprint density at radius 2 is 2.23 bits per heavy atom. The minimum Gasteiger partial charge on any atom is -0.297 e. The lowest BCUT2D eigenvalue weighted by Gasteiger charge is -2.03. The van der Waals surface area contributed by atoms with Crippen LogP contribution in [-0.2, 0) is 6.54 Å². The van der Waals surface area contributed by atoms with Crippen molar-refractivity contribution >= 4 is 11.6 Å². The van der Waals surface area contributed by atoms with Crippen LogP contribution in [0.2, 0.25) is 0 Å². The van der Waals surface area contributed by atoms with Gasteiger partial charge in [0.1, 0.15) is 0 Å². The van der Waals surface area contributed by atoms with Crippen molar-refractivity contribution in [2.24, 2.45) is 0 Å². The van der Waals surface area contributed by atoms with Gasteiger partial charge in [0.05, 0.1) is 0 Å². The molecule has 4 heteroatoms. The molecule has 0 saturated heterocycles. The number of aromatic nitrogens is 2. The predicted octanol–water partition coefficient (Wildman–Crippen LogP) is 1.98. The quantitative estimate of drug-likeness (QED) is 0.733. The van der Waals surface area contributed by atoms with Crippen LogP contribution >= 0.6 is 11.6 Å². The fourth-order valence-corrected chi connectivity index (χ4v) is 1.19. The summed E-state index contributed by atoms with van der Waals surface area (Å²) in [6.45, 7) is 4.48. The Kier molecular flexibility index (Phi) is 3.37. The summed E-state index contributed by atoms with van der Waals surface area (Å²) in [6, 6.07) is 0.203. The van der Waals surface area contributed by atoms with Gasteiger partial charge in [-0.05, 0) is 13.8 Å². The van der Waals surface area contributed by atoms with Gasteiger partial charge in [0.25, 0.3) is 0 Å². The van der Waals surface area contributed by atoms with E-state index in [1.165, 1.54) is 5.54 Å². The first kappa shape index (κ1) is 10.1. The van der Waals surface area contributed by atoms with E-state index in [2.05, 4.69) is 0 Å². The molecule has 1 rings (SSSR count). The zero-order valence-electron chi connectivity index (χ0n) is 7.77. The van der Waals surface area contributed by atoms with Crippen LogP contribution in [0.3, 0.4) is 0 Å². The molecule has 0 aromatic carbocycles. The van der Waals surface area contributed by atoms with Gasteiger partial charge >= 0.3 is 5.69 Å². The van der Waals surface area contributed by atoms with Crippen molar-refractivity contribution in [1.29, 1.82) is 0 Å². The van der Waals surface area contributed by atoms with E-state index in [0.29, 0.717) is 6.54 Å². The molecule has 0 aliphatic heterocycles. The monoisotopic (exact) mass is 200 g/mol. The summed E-state index contributed by atoms with van der Waals surface area (Å²) >= 11 is 5.37. The van der Waals surface area contributed by atoms with E-state index < -0.39 is 0 Å². The van der Waals surface area contributed by atoms with Crippen molar-refractivity contribution in [1.82, 2.24) is 9.13 Å². The molecule has 1 aromatic heterocycles. The zero-order valence-corrected chi connectivity index (χ0v) is 8.53. The van der Waals surface area contributed by atoms with Crippen LogP contribution in [0, 0.1) is 0 Å². The molecule has 0 fully saturated rings. The maximum Gasteiger partial charge on any atom is 0.328 e. The number of hydrogen-bond donors (Lipinski definition) is 0. The predicted molar refractivity (Wildman–Crippen MR) is 54.1 cm³/mol. The maximum atomic E-state index is 11.6. The normalized spacial score (nSPS) is 11.7. The van der Waals surface area contributed by atoms with Crippen molar-refractivity contribution in [3.8, 4) is 0 Å². The zero-order chi connectivity index (χ0) is 9.84. The molecule has 0 N–H and O–H groups in total. The van der Waals surface area contributed by atoms with Crippen LogP contribution in [-0.4, -0.2) is 9.13 Å². The van der Waals surface area contributed by atoms with Crippen molar-refractivity contribution in [2.45, 2.75) is 26.4 Å². The van der Waals surface area contributed by atoms with E-state index >= 15 is 0 Å². The Balaban J connectivity index is 2.93. The van der Waals surface area contributed by atoms with E-state index in [0.717, 1.165) is 0 Å². The molecule has 1 heterocycles. The van der Waals surface area contributed by atoms with Crippen molar-refractivity contribution in [2.75, 3.05) is 0 Å². The molecule has 0 spiro atoms. The number of nitrogens with zero attached hydrogens (tertiary/aromatic N) is 2. The fourth-order valence-electron chi connectivity index (χ4n) is 1.11. The van der Waals surface area contributed by atoms with Crippen LogP contribution in [0.25, 0.3) is 0 Å². The van der Waals surface area contributed by atoms with Crippen molar-refractivity contribution in [3.63, 3.8) is 0 Å². The molecule has 3 nitrogen and oxygen atoms in total. The molecular weight excluding hydrogens is 188 g/mol. The van der Waals surface area contributed by atoms with Crippen LogP contribution < -0.4 is 5.69 Å². The minimum atomic E-state index is 0.00441. The van der Waals surface area contributed by atoms with Gasteiger partial charge in [-0.25, -0.2) is 4.79 Å². The average molecular weight is 201 g/mol. The van der Waals surface area contributed by atoms with Crippen LogP contribution in [0.15, 0.2) is 28.8 Å². The highest BCUT2D eigenvalue weighted by molar-refractivity contribution is 6.25. The van der Waals surface area contributed by atoms with Crippen LogP contribution in [0.5, 0.6) is 0 Å². The van der Waals surface area contributed by atoms with Crippen molar-refractivity contribution in [3.05, 3.63) is 34.5 Å². The summed E-state index contributed by atoms with van der Waals surface area (Å²) in [6.07, 6.45) is 5.28. The molecule has 0 atom stereocenters. The number of rotatable bonds is 3. The van der Waals surface area contributed by atoms with Gasteiger partial charge < -0.3 is 0 Å². The molecule has 0 saturated carbocycles. The molecule has 0 bridgehead atoms. The summed E-state index contributed by atoms with van der Waals surface area (Å²) in [5.74, 6) is 0. The Morgan fingerprint density at radius 1 is 1.54 bits per heavy atom. The second-order valence-corrected chi connectivity index (χ2v) is 3.35. The lowest BCUT2D eigenvalue weighted by molar-refractivity contribution is 0.562. The summed E-state index contributed by atoms with van der Waals surface area (Å²) in [5, 5.41) is 0. The van der Waals surface area contributed by atoms with Crippen LogP contribution in [0.1, 0.15) is 19.9 Å². The fraction of sp³-hybridized carbons (Fsp3) is 0.444. The van der Waals surface area contributed by atoms with E-state index in [1.807, 2.05) is 13.8 Å². The molecule has 0 aliphatic rings. The standard InChI is InChI=1S/C9H13ClN2O/c1-8(2)12-7-6-11(9(12)13)5-3-4-10/h3-4,6-8H,5H2,1-2H3/b4-3+. The van der Waals surface area contributed by atoms with Gasteiger partial charge in [-0.3, -0.25) is 9.13 Å². The minimum absolute atomic E-state index is 0.00441. The largest absolute Gasteiger partial charge is 0.328 e. The third-order valence-corrected chi connectivity index (χ3v) is 2.00. The lowest BCUT2D eigenvalue weighted by Crippen LogP contribution is -2.24. The first-order valence-corrected chi connectivity index (χ1v) is 4.63. The molecule has 72 valence electrons. The molecule has 0 amide bonds. The Hall–Kier alpha value is -0.960. The molecule has 1 aromatic rings. The molecule has 13 heavy (non-hydrogen) atoms. The average Bonchev–Trinajstić information content (AvgIpc) is 2.43. The van der Waals surface area contributed by atoms with Gasteiger partial charge in [0.2, 0.25) is 0 Å². The summed E-state index contributed by atoms with van der Waals surface area (Å²) in [7, 11) is 0. The second-order valence-electron chi connectivity index (χ2n) is 3.10. The van der Waals surface area contributed by atoms with Gasteiger partial charge in [0.15, 0.2) is 0 Å². The number of halogens is 1. The first-order chi connectivity index (χ1) is 6.16. The smallest absolute Gasteiger partial charge is 0.297 e. The van der Waals surface area contributed by atoms with Gasteiger partial charge in [-0.1, -0.05) is 17.7 Å². The summed E-state index contributed by atoms with van der Waals surface area (Å²) in [5.41, 5.74) is 1.42. The van der Waals surface area contributed by atoms with Gasteiger partial charge in [-0.15, -0.1) is 0 Å². The van der Waals surface area contributed by atoms with Crippen molar-refractivity contribution < 1.29 is 0 Å². The van der Waals surface area contributed by atoms with E-state index in [1.54, 1.807) is 27.6 Å². The molecular formula is C9H13ClN2O. The second kappa shape index (κ2) is 4.33. The third kappa shape index (κ3) is 2.25.